The number of benzene rings is 2. The van der Waals surface area contributed by atoms with Crippen molar-refractivity contribution in [2.75, 3.05) is 39.3 Å². The van der Waals surface area contributed by atoms with Gasteiger partial charge >= 0.3 is 12.0 Å². The molecule has 3 atom stereocenters. The second-order valence-electron chi connectivity index (χ2n) is 12.7. The number of likely N-dealkylation sites (tertiary alicyclic amines) is 2. The van der Waals surface area contributed by atoms with Crippen LogP contribution in [0, 0.1) is 28.8 Å². The van der Waals surface area contributed by atoms with Crippen molar-refractivity contribution in [2.45, 2.75) is 65.1 Å². The van der Waals surface area contributed by atoms with Gasteiger partial charge in [-0.1, -0.05) is 39.0 Å². The molecule has 10 heteroatoms. The third-order valence-electron chi connectivity index (χ3n) is 8.69. The molecule has 0 aromatic heterocycles. The maximum absolute atomic E-state index is 14.2. The van der Waals surface area contributed by atoms with E-state index < -0.39 is 29.1 Å². The van der Waals surface area contributed by atoms with Crippen molar-refractivity contribution < 1.29 is 27.9 Å². The predicted molar refractivity (Wildman–Crippen MR) is 156 cm³/mol. The fourth-order valence-electron chi connectivity index (χ4n) is 6.73. The number of piperidine rings is 1. The zero-order chi connectivity index (χ0) is 30.6. The molecule has 2 saturated heterocycles. The number of hydrogen-bond acceptors (Lipinski definition) is 4. The predicted octanol–water partition coefficient (Wildman–Crippen LogP) is 5.31. The highest BCUT2D eigenvalue weighted by Gasteiger charge is 2.44. The minimum absolute atomic E-state index is 0.0110. The maximum Gasteiger partial charge on any atom is 0.321 e. The fraction of sp³-hybridized carbons (Fsp3) is 0.562. The zero-order valence-corrected chi connectivity index (χ0v) is 25.0. The molecule has 42 heavy (non-hydrogen) atoms. The van der Waals surface area contributed by atoms with Gasteiger partial charge in [0.2, 0.25) is 0 Å². The van der Waals surface area contributed by atoms with E-state index in [1.807, 2.05) is 38.7 Å². The van der Waals surface area contributed by atoms with Gasteiger partial charge in [0.1, 0.15) is 11.9 Å². The third kappa shape index (κ3) is 7.64. The van der Waals surface area contributed by atoms with Crippen LogP contribution in [0.25, 0.3) is 0 Å². The van der Waals surface area contributed by atoms with Crippen molar-refractivity contribution in [1.82, 2.24) is 20.0 Å². The summed E-state index contributed by atoms with van der Waals surface area (Å²) in [4.78, 5) is 31.5. The van der Waals surface area contributed by atoms with Crippen molar-refractivity contribution in [3.8, 4) is 0 Å². The van der Waals surface area contributed by atoms with E-state index in [-0.39, 0.29) is 36.3 Å². The van der Waals surface area contributed by atoms with E-state index in [4.69, 9.17) is 0 Å². The standard InChI is InChI=1S/C32H43F3N4O3/c1-5-39(31(42)36-17-21-9-10-27(34)28(35)15-21)25-11-13-37(14-12-25)18-23-19-38(29(30(40)41)32(2,3)4)20-26(23)22-7-6-8-24(33)16-22/h6-10,15-16,23,25-26,29H,5,11-14,17-20H2,1-4H3,(H,36,42)(H,40,41)/t23-,26+,29?/m0/s1. The molecule has 2 aliphatic rings. The molecule has 4 rings (SSSR count). The Morgan fingerprint density at radius 3 is 2.36 bits per heavy atom. The van der Waals surface area contributed by atoms with Crippen molar-refractivity contribution in [1.29, 1.82) is 0 Å². The molecule has 2 amide bonds. The highest BCUT2D eigenvalue weighted by atomic mass is 19.2. The van der Waals surface area contributed by atoms with Crippen LogP contribution in [0.5, 0.6) is 0 Å². The van der Waals surface area contributed by atoms with E-state index in [1.165, 1.54) is 12.1 Å². The second kappa shape index (κ2) is 13.5. The van der Waals surface area contributed by atoms with E-state index in [2.05, 4.69) is 10.2 Å². The van der Waals surface area contributed by atoms with Crippen molar-refractivity contribution >= 4 is 12.0 Å². The first-order valence-corrected chi connectivity index (χ1v) is 14.8. The van der Waals surface area contributed by atoms with Crippen LogP contribution < -0.4 is 5.32 Å². The van der Waals surface area contributed by atoms with Crippen LogP contribution in [0.1, 0.15) is 57.6 Å². The molecule has 2 aromatic carbocycles. The van der Waals surface area contributed by atoms with Crippen LogP contribution in [0.15, 0.2) is 42.5 Å². The smallest absolute Gasteiger partial charge is 0.321 e. The molecule has 0 saturated carbocycles. The number of amides is 2. The third-order valence-corrected chi connectivity index (χ3v) is 8.69. The Labute approximate surface area is 246 Å². The largest absolute Gasteiger partial charge is 0.480 e. The van der Waals surface area contributed by atoms with Gasteiger partial charge < -0.3 is 20.2 Å². The topological polar surface area (TPSA) is 76.1 Å². The Balaban J connectivity index is 1.38. The lowest BCUT2D eigenvalue weighted by molar-refractivity contribution is -0.147. The average molecular weight is 589 g/mol. The van der Waals surface area contributed by atoms with Gasteiger partial charge in [-0.05, 0) is 66.5 Å². The van der Waals surface area contributed by atoms with Gasteiger partial charge in [0, 0.05) is 57.8 Å². The Kier molecular flexibility index (Phi) is 10.2. The summed E-state index contributed by atoms with van der Waals surface area (Å²) in [5.41, 5.74) is 0.925. The summed E-state index contributed by atoms with van der Waals surface area (Å²) in [6.07, 6.45) is 1.57. The van der Waals surface area contributed by atoms with Gasteiger partial charge in [0.25, 0.3) is 0 Å². The van der Waals surface area contributed by atoms with Crippen molar-refractivity contribution in [2.24, 2.45) is 11.3 Å². The Hall–Kier alpha value is -3.11. The molecular weight excluding hydrogens is 545 g/mol. The lowest BCUT2D eigenvalue weighted by atomic mass is 9.85. The Bertz CT molecular complexity index is 1250. The van der Waals surface area contributed by atoms with Gasteiger partial charge in [-0.3, -0.25) is 9.69 Å². The highest BCUT2D eigenvalue weighted by Crippen LogP contribution is 2.38. The minimum Gasteiger partial charge on any atom is -0.480 e. The van der Waals surface area contributed by atoms with E-state index in [0.29, 0.717) is 25.2 Å². The minimum atomic E-state index is -0.941. The molecule has 2 N–H and O–H groups in total. The first-order chi connectivity index (χ1) is 19.9. The fourth-order valence-corrected chi connectivity index (χ4v) is 6.73. The highest BCUT2D eigenvalue weighted by molar-refractivity contribution is 5.75. The summed E-state index contributed by atoms with van der Waals surface area (Å²) in [7, 11) is 0. The molecular formula is C32H43F3N4O3. The first-order valence-electron chi connectivity index (χ1n) is 14.8. The molecule has 230 valence electrons. The number of nitrogens with zero attached hydrogens (tertiary/aromatic N) is 3. The SMILES string of the molecule is CCN(C(=O)NCc1ccc(F)c(F)c1)C1CCN(C[C@H]2CN(C(C(=O)O)C(C)(C)C)C[C@@H]2c2cccc(F)c2)CC1. The molecule has 2 fully saturated rings. The average Bonchev–Trinajstić information content (AvgIpc) is 3.32. The summed E-state index contributed by atoms with van der Waals surface area (Å²) in [6, 6.07) is 9.40. The van der Waals surface area contributed by atoms with E-state index in [0.717, 1.165) is 50.2 Å². The molecule has 2 aromatic rings. The molecule has 0 radical (unpaired) electrons. The summed E-state index contributed by atoms with van der Waals surface area (Å²) in [6.45, 7) is 11.9. The van der Waals surface area contributed by atoms with E-state index in [1.54, 1.807) is 17.0 Å². The number of nitrogens with one attached hydrogen (secondary N) is 1. The van der Waals surface area contributed by atoms with Crippen molar-refractivity contribution in [3.63, 3.8) is 0 Å². The normalized spacial score (nSPS) is 21.3. The summed E-state index contributed by atoms with van der Waals surface area (Å²) < 4.78 is 41.0. The number of carbonyl (C=O) groups is 2. The molecule has 0 aliphatic carbocycles. The summed E-state index contributed by atoms with van der Waals surface area (Å²) >= 11 is 0. The quantitative estimate of drug-likeness (QED) is 0.415. The number of rotatable bonds is 9. The number of carbonyl (C=O) groups excluding carboxylic acids is 1. The van der Waals surface area contributed by atoms with E-state index >= 15 is 0 Å². The molecule has 2 heterocycles. The van der Waals surface area contributed by atoms with Crippen molar-refractivity contribution in [3.05, 3.63) is 71.0 Å². The lowest BCUT2D eigenvalue weighted by Gasteiger charge is -2.39. The van der Waals surface area contributed by atoms with E-state index in [9.17, 15) is 27.9 Å². The van der Waals surface area contributed by atoms with Gasteiger partial charge in [0.05, 0.1) is 0 Å². The van der Waals surface area contributed by atoms with Crippen LogP contribution in [0.2, 0.25) is 0 Å². The number of hydrogen-bond donors (Lipinski definition) is 2. The molecule has 7 nitrogen and oxygen atoms in total. The number of urea groups is 1. The number of aliphatic carboxylic acids is 1. The van der Waals surface area contributed by atoms with Crippen LogP contribution in [-0.2, 0) is 11.3 Å². The van der Waals surface area contributed by atoms with Gasteiger partial charge in [0.15, 0.2) is 11.6 Å². The van der Waals surface area contributed by atoms with Gasteiger partial charge in [-0.15, -0.1) is 0 Å². The van der Waals surface area contributed by atoms with Crippen LogP contribution in [0.4, 0.5) is 18.0 Å². The molecule has 2 aliphatic heterocycles. The Morgan fingerprint density at radius 2 is 1.76 bits per heavy atom. The first kappa shape index (κ1) is 31.8. The molecule has 0 bridgehead atoms. The monoisotopic (exact) mass is 588 g/mol. The second-order valence-corrected chi connectivity index (χ2v) is 12.7. The lowest BCUT2D eigenvalue weighted by Crippen LogP contribution is -2.51. The van der Waals surface area contributed by atoms with Crippen LogP contribution >= 0.6 is 0 Å². The zero-order valence-electron chi connectivity index (χ0n) is 25.0. The number of carboxylic acids is 1. The molecule has 1 unspecified atom stereocenters. The Morgan fingerprint density at radius 1 is 1.05 bits per heavy atom. The molecule has 0 spiro atoms. The summed E-state index contributed by atoms with van der Waals surface area (Å²) in [5, 5.41) is 12.9. The maximum atomic E-state index is 14.2. The van der Waals surface area contributed by atoms with Crippen LogP contribution in [-0.4, -0.2) is 83.2 Å². The number of carboxylic acid groups (broad SMARTS) is 1. The van der Waals surface area contributed by atoms with Gasteiger partial charge in [-0.2, -0.15) is 0 Å². The summed E-state index contributed by atoms with van der Waals surface area (Å²) in [5.74, 6) is -2.85. The number of halogens is 3. The van der Waals surface area contributed by atoms with Gasteiger partial charge in [-0.25, -0.2) is 18.0 Å². The van der Waals surface area contributed by atoms with Crippen LogP contribution in [0.3, 0.4) is 0 Å².